The average molecular weight is 513 g/mol. The minimum absolute atomic E-state index is 0.0349. The van der Waals surface area contributed by atoms with E-state index in [0.29, 0.717) is 29.9 Å². The Kier molecular flexibility index (Phi) is 5.85. The molecule has 0 amide bonds. The third-order valence-corrected chi connectivity index (χ3v) is 6.60. The SMILES string of the molecule is NS(=O)(=O)c1ccc(CCNc2nc3c(-c4cccc(C(F)(F)F)c4)nnn3c3ccccc23)cc1. The van der Waals surface area contributed by atoms with Crippen molar-refractivity contribution in [3.8, 4) is 11.3 Å². The fraction of sp³-hybridized carbons (Fsp3) is 0.125. The van der Waals surface area contributed by atoms with Gasteiger partial charge in [0.05, 0.1) is 16.0 Å². The molecule has 5 rings (SSSR count). The number of sulfonamides is 1. The van der Waals surface area contributed by atoms with Gasteiger partial charge in [-0.05, 0) is 48.4 Å². The second-order valence-corrected chi connectivity index (χ2v) is 9.66. The zero-order chi connectivity index (χ0) is 25.5. The summed E-state index contributed by atoms with van der Waals surface area (Å²) in [6.07, 6.45) is -3.93. The van der Waals surface area contributed by atoms with Crippen LogP contribution in [0.4, 0.5) is 19.0 Å². The number of benzene rings is 3. The molecule has 0 saturated heterocycles. The van der Waals surface area contributed by atoms with Gasteiger partial charge in [0.25, 0.3) is 0 Å². The molecule has 0 bridgehead atoms. The summed E-state index contributed by atoms with van der Waals surface area (Å²) in [7, 11) is -3.76. The summed E-state index contributed by atoms with van der Waals surface area (Å²) in [6, 6.07) is 18.5. The van der Waals surface area contributed by atoms with Crippen molar-refractivity contribution < 1.29 is 21.6 Å². The van der Waals surface area contributed by atoms with Crippen LogP contribution < -0.4 is 10.5 Å². The summed E-state index contributed by atoms with van der Waals surface area (Å²) in [5.41, 5.74) is 1.59. The van der Waals surface area contributed by atoms with E-state index in [9.17, 15) is 21.6 Å². The van der Waals surface area contributed by atoms with Crippen molar-refractivity contribution in [1.82, 2.24) is 19.8 Å². The fourth-order valence-electron chi connectivity index (χ4n) is 3.90. The lowest BCUT2D eigenvalue weighted by molar-refractivity contribution is -0.137. The zero-order valence-corrected chi connectivity index (χ0v) is 19.4. The van der Waals surface area contributed by atoms with Crippen LogP contribution in [0.25, 0.3) is 27.8 Å². The van der Waals surface area contributed by atoms with Crippen LogP contribution in [0.1, 0.15) is 11.1 Å². The number of nitrogens with one attached hydrogen (secondary N) is 1. The van der Waals surface area contributed by atoms with E-state index in [1.807, 2.05) is 24.3 Å². The molecule has 0 saturated carbocycles. The first-order chi connectivity index (χ1) is 17.1. The molecule has 8 nitrogen and oxygen atoms in total. The predicted molar refractivity (Wildman–Crippen MR) is 129 cm³/mol. The number of alkyl halides is 3. The minimum atomic E-state index is -4.49. The Morgan fingerprint density at radius 1 is 0.972 bits per heavy atom. The molecule has 3 N–H and O–H groups in total. The van der Waals surface area contributed by atoms with Gasteiger partial charge in [0.15, 0.2) is 5.65 Å². The number of nitrogens with two attached hydrogens (primary N) is 1. The summed E-state index contributed by atoms with van der Waals surface area (Å²) in [4.78, 5) is 4.69. The Bertz CT molecular complexity index is 1680. The van der Waals surface area contributed by atoms with Gasteiger partial charge in [-0.25, -0.2) is 18.5 Å². The van der Waals surface area contributed by atoms with Crippen LogP contribution in [0.3, 0.4) is 0 Å². The second-order valence-electron chi connectivity index (χ2n) is 8.10. The molecule has 0 spiro atoms. The molecule has 0 unspecified atom stereocenters. The largest absolute Gasteiger partial charge is 0.416 e. The normalized spacial score (nSPS) is 12.3. The number of nitrogens with zero attached hydrogens (tertiary/aromatic N) is 4. The van der Waals surface area contributed by atoms with Crippen LogP contribution in [-0.4, -0.2) is 34.8 Å². The van der Waals surface area contributed by atoms with Gasteiger partial charge < -0.3 is 5.32 Å². The van der Waals surface area contributed by atoms with E-state index < -0.39 is 21.8 Å². The molecular weight excluding hydrogens is 493 g/mol. The van der Waals surface area contributed by atoms with Gasteiger partial charge in [0.1, 0.15) is 11.5 Å². The topological polar surface area (TPSA) is 115 Å². The Balaban J connectivity index is 1.49. The molecule has 0 aliphatic carbocycles. The van der Waals surface area contributed by atoms with Gasteiger partial charge >= 0.3 is 6.18 Å². The first-order valence-corrected chi connectivity index (χ1v) is 12.3. The number of rotatable bonds is 6. The number of primary sulfonamides is 1. The average Bonchev–Trinajstić information content (AvgIpc) is 3.27. The van der Waals surface area contributed by atoms with Crippen LogP contribution in [-0.2, 0) is 22.6 Å². The monoisotopic (exact) mass is 512 g/mol. The van der Waals surface area contributed by atoms with Gasteiger partial charge in [-0.2, -0.15) is 17.7 Å². The number of aromatic nitrogens is 4. The van der Waals surface area contributed by atoms with E-state index in [1.54, 1.807) is 12.1 Å². The molecule has 0 aliphatic heterocycles. The molecule has 0 atom stereocenters. The van der Waals surface area contributed by atoms with Crippen LogP contribution in [0, 0.1) is 0 Å². The third kappa shape index (κ3) is 4.60. The maximum Gasteiger partial charge on any atom is 0.416 e. The number of fused-ring (bicyclic) bond motifs is 3. The van der Waals surface area contributed by atoms with Crippen molar-refractivity contribution in [3.05, 3.63) is 83.9 Å². The standard InChI is InChI=1S/C24H19F3N6O2S/c25-24(26,27)17-5-3-4-16(14-17)21-23-30-22(19-6-1-2-7-20(19)33(23)32-31-21)29-13-12-15-8-10-18(11-9-15)36(28,34)35/h1-11,14H,12-13H2,(H,29,30)(H2,28,34,35). The Morgan fingerprint density at radius 2 is 1.72 bits per heavy atom. The first-order valence-electron chi connectivity index (χ1n) is 10.8. The van der Waals surface area contributed by atoms with Gasteiger partial charge in [-0.15, -0.1) is 5.10 Å². The van der Waals surface area contributed by atoms with Crippen LogP contribution in [0.15, 0.2) is 77.7 Å². The number of anilines is 1. The number of hydrogen-bond donors (Lipinski definition) is 2. The lowest BCUT2D eigenvalue weighted by Crippen LogP contribution is -2.12. The highest BCUT2D eigenvalue weighted by molar-refractivity contribution is 7.89. The van der Waals surface area contributed by atoms with Crippen molar-refractivity contribution in [1.29, 1.82) is 0 Å². The quantitative estimate of drug-likeness (QED) is 0.351. The Hall–Kier alpha value is -4.03. The van der Waals surface area contributed by atoms with Gasteiger partial charge in [-0.3, -0.25) is 0 Å². The van der Waals surface area contributed by atoms with Crippen molar-refractivity contribution in [3.63, 3.8) is 0 Å². The summed E-state index contributed by atoms with van der Waals surface area (Å²) in [6.45, 7) is 0.461. The van der Waals surface area contributed by atoms with Crippen LogP contribution in [0.2, 0.25) is 0 Å². The summed E-state index contributed by atoms with van der Waals surface area (Å²) in [5, 5.41) is 17.5. The molecule has 12 heteroatoms. The molecular formula is C24H19F3N6O2S. The summed E-state index contributed by atoms with van der Waals surface area (Å²) >= 11 is 0. The molecule has 2 aromatic heterocycles. The summed E-state index contributed by atoms with van der Waals surface area (Å²) < 4.78 is 64.1. The lowest BCUT2D eigenvalue weighted by Gasteiger charge is -2.11. The van der Waals surface area contributed by atoms with Crippen molar-refractivity contribution >= 4 is 32.4 Å². The third-order valence-electron chi connectivity index (χ3n) is 5.67. The van der Waals surface area contributed by atoms with Crippen molar-refractivity contribution in [2.24, 2.45) is 5.14 Å². The van der Waals surface area contributed by atoms with Crippen molar-refractivity contribution in [2.45, 2.75) is 17.5 Å². The van der Waals surface area contributed by atoms with Crippen LogP contribution in [0.5, 0.6) is 0 Å². The van der Waals surface area contributed by atoms with Gasteiger partial charge in [0, 0.05) is 17.5 Å². The molecule has 36 heavy (non-hydrogen) atoms. The Morgan fingerprint density at radius 3 is 2.44 bits per heavy atom. The molecule has 2 heterocycles. The highest BCUT2D eigenvalue weighted by Crippen LogP contribution is 2.33. The van der Waals surface area contributed by atoms with E-state index >= 15 is 0 Å². The number of halogens is 3. The maximum absolute atomic E-state index is 13.3. The van der Waals surface area contributed by atoms with Crippen molar-refractivity contribution in [2.75, 3.05) is 11.9 Å². The van der Waals surface area contributed by atoms with E-state index in [2.05, 4.69) is 20.6 Å². The van der Waals surface area contributed by atoms with E-state index in [1.165, 1.54) is 28.8 Å². The minimum Gasteiger partial charge on any atom is -0.369 e. The van der Waals surface area contributed by atoms with E-state index in [0.717, 1.165) is 23.1 Å². The number of hydrogen-bond acceptors (Lipinski definition) is 6. The predicted octanol–water partition coefficient (Wildman–Crippen LogP) is 4.27. The zero-order valence-electron chi connectivity index (χ0n) is 18.6. The van der Waals surface area contributed by atoms with E-state index in [4.69, 9.17) is 5.14 Å². The van der Waals surface area contributed by atoms with Gasteiger partial charge in [0.2, 0.25) is 10.0 Å². The van der Waals surface area contributed by atoms with Crippen LogP contribution >= 0.6 is 0 Å². The maximum atomic E-state index is 13.3. The molecule has 0 fully saturated rings. The highest BCUT2D eigenvalue weighted by Gasteiger charge is 2.31. The molecule has 5 aromatic rings. The second kappa shape index (κ2) is 8.88. The Labute approximate surface area is 203 Å². The fourth-order valence-corrected chi connectivity index (χ4v) is 4.42. The molecule has 0 aliphatic rings. The smallest absolute Gasteiger partial charge is 0.369 e. The molecule has 0 radical (unpaired) electrons. The summed E-state index contributed by atoms with van der Waals surface area (Å²) in [5.74, 6) is 0.523. The molecule has 3 aromatic carbocycles. The first kappa shape index (κ1) is 23.7. The lowest BCUT2D eigenvalue weighted by atomic mass is 10.1. The number of para-hydroxylation sites is 1. The van der Waals surface area contributed by atoms with Gasteiger partial charge in [-0.1, -0.05) is 41.6 Å². The van der Waals surface area contributed by atoms with E-state index in [-0.39, 0.29) is 16.2 Å². The highest BCUT2D eigenvalue weighted by atomic mass is 32.2. The molecule has 184 valence electrons.